The molecule has 1 aliphatic carbocycles. The van der Waals surface area contributed by atoms with Crippen LogP contribution in [0, 0.1) is 5.92 Å². The Labute approximate surface area is 279 Å². The molecule has 5 aromatic carbocycles. The lowest BCUT2D eigenvalue weighted by Crippen LogP contribution is -2.37. The van der Waals surface area contributed by atoms with E-state index in [1.807, 2.05) is 42.5 Å². The minimum atomic E-state index is -4.58. The number of esters is 1. The van der Waals surface area contributed by atoms with E-state index in [9.17, 15) is 32.7 Å². The van der Waals surface area contributed by atoms with Gasteiger partial charge in [0.15, 0.2) is 11.6 Å². The maximum absolute atomic E-state index is 14.0. The zero-order valence-corrected chi connectivity index (χ0v) is 26.1. The van der Waals surface area contributed by atoms with E-state index in [0.29, 0.717) is 28.5 Å². The van der Waals surface area contributed by atoms with Crippen LogP contribution in [0.2, 0.25) is 0 Å². The van der Waals surface area contributed by atoms with Gasteiger partial charge in [-0.2, -0.15) is 13.2 Å². The molecule has 49 heavy (non-hydrogen) atoms. The first kappa shape index (κ1) is 33.0. The largest absolute Gasteiger partial charge is 0.507 e. The molecule has 2 atom stereocenters. The molecule has 7 rings (SSSR count). The Morgan fingerprint density at radius 1 is 0.816 bits per heavy atom. The molecular weight excluding hydrogens is 633 g/mol. The maximum Gasteiger partial charge on any atom is 0.416 e. The van der Waals surface area contributed by atoms with Gasteiger partial charge in [0.25, 0.3) is 0 Å². The monoisotopic (exact) mass is 662 g/mol. The van der Waals surface area contributed by atoms with Crippen molar-refractivity contribution >= 4 is 39.1 Å². The number of hydrogen-bond acceptors (Lipinski definition) is 7. The van der Waals surface area contributed by atoms with Crippen LogP contribution in [0.3, 0.4) is 0 Å². The summed E-state index contributed by atoms with van der Waals surface area (Å²) < 4.78 is 45.5. The number of halogens is 3. The number of phenols is 1. The van der Waals surface area contributed by atoms with Gasteiger partial charge in [0.2, 0.25) is 0 Å². The predicted octanol–water partition coefficient (Wildman–Crippen LogP) is 8.13. The first-order chi connectivity index (χ1) is 23.6. The highest BCUT2D eigenvalue weighted by atomic mass is 19.4. The summed E-state index contributed by atoms with van der Waals surface area (Å²) in [5.74, 6) is -3.36. The number of aromatic hydroxyl groups is 1. The Hall–Kier alpha value is -5.90. The molecule has 1 aromatic heterocycles. The molecule has 0 saturated carbocycles. The van der Waals surface area contributed by atoms with Gasteiger partial charge in [-0.1, -0.05) is 84.9 Å². The Kier molecular flexibility index (Phi) is 9.22. The number of carbonyl (C=O) groups is 3. The van der Waals surface area contributed by atoms with E-state index in [4.69, 9.17) is 4.74 Å². The zero-order chi connectivity index (χ0) is 34.7. The fourth-order valence-electron chi connectivity index (χ4n) is 6.25. The van der Waals surface area contributed by atoms with Crippen molar-refractivity contribution in [3.63, 3.8) is 0 Å². The van der Waals surface area contributed by atoms with E-state index in [2.05, 4.69) is 9.97 Å². The minimum Gasteiger partial charge on any atom is -0.507 e. The summed E-state index contributed by atoms with van der Waals surface area (Å²) in [4.78, 5) is 46.2. The molecule has 7 nitrogen and oxygen atoms in total. The number of rotatable bonds is 5. The first-order valence-electron chi connectivity index (χ1n) is 15.5. The van der Waals surface area contributed by atoms with Crippen molar-refractivity contribution in [1.29, 1.82) is 0 Å². The molecule has 0 radical (unpaired) electrons. The lowest BCUT2D eigenvalue weighted by Gasteiger charge is -2.31. The lowest BCUT2D eigenvalue weighted by molar-refractivity contribution is -0.137. The molecule has 0 fully saturated rings. The van der Waals surface area contributed by atoms with Crippen LogP contribution in [0.25, 0.3) is 21.5 Å². The molecule has 6 aromatic rings. The molecule has 1 aliphatic rings. The van der Waals surface area contributed by atoms with Gasteiger partial charge in [-0.25, -0.2) is 14.8 Å². The van der Waals surface area contributed by atoms with Gasteiger partial charge in [0.1, 0.15) is 12.1 Å². The molecule has 2 unspecified atom stereocenters. The molecule has 0 aliphatic heterocycles. The normalized spacial score (nSPS) is 15.8. The van der Waals surface area contributed by atoms with Crippen molar-refractivity contribution in [2.45, 2.75) is 25.4 Å². The number of aromatic nitrogens is 2. The fraction of sp³-hybridized carbons (Fsp3) is 0.154. The summed E-state index contributed by atoms with van der Waals surface area (Å²) in [6, 6.07) is 26.0. The van der Waals surface area contributed by atoms with Crippen LogP contribution >= 0.6 is 0 Å². The topological polar surface area (TPSA) is 106 Å². The summed E-state index contributed by atoms with van der Waals surface area (Å²) in [6.07, 6.45) is -0.244. The van der Waals surface area contributed by atoms with Gasteiger partial charge < -0.3 is 9.84 Å². The van der Waals surface area contributed by atoms with Crippen molar-refractivity contribution in [3.8, 4) is 5.75 Å². The van der Waals surface area contributed by atoms with Gasteiger partial charge in [0.05, 0.1) is 29.6 Å². The second-order valence-electron chi connectivity index (χ2n) is 11.5. The summed E-state index contributed by atoms with van der Waals surface area (Å²) in [5.41, 5.74) is 1.11. The second-order valence-corrected chi connectivity index (χ2v) is 11.5. The molecule has 0 amide bonds. The summed E-state index contributed by atoms with van der Waals surface area (Å²) in [6.45, 7) is 2.12. The molecule has 0 saturated heterocycles. The third-order valence-corrected chi connectivity index (χ3v) is 8.46. The van der Waals surface area contributed by atoms with Crippen LogP contribution < -0.4 is 0 Å². The summed E-state index contributed by atoms with van der Waals surface area (Å²) in [5, 5.41) is 13.4. The highest BCUT2D eigenvalue weighted by Gasteiger charge is 2.43. The van der Waals surface area contributed by atoms with Gasteiger partial charge in [-0.05, 0) is 58.3 Å². The first-order valence-corrected chi connectivity index (χ1v) is 15.5. The third kappa shape index (κ3) is 6.62. The Bertz CT molecular complexity index is 2190. The van der Waals surface area contributed by atoms with Gasteiger partial charge in [0, 0.05) is 23.3 Å². The average Bonchev–Trinajstić information content (AvgIpc) is 3.11. The predicted molar refractivity (Wildman–Crippen MR) is 177 cm³/mol. The van der Waals surface area contributed by atoms with Gasteiger partial charge >= 0.3 is 12.1 Å². The van der Waals surface area contributed by atoms with Crippen molar-refractivity contribution in [3.05, 3.63) is 149 Å². The molecule has 1 heterocycles. The number of hydrogen-bond donors (Lipinski definition) is 1. The van der Waals surface area contributed by atoms with E-state index >= 15 is 0 Å². The van der Waals surface area contributed by atoms with E-state index < -0.39 is 35.1 Å². The number of ketones is 2. The smallest absolute Gasteiger partial charge is 0.416 e. The molecule has 10 heteroatoms. The quantitative estimate of drug-likeness (QED) is 0.113. The minimum absolute atomic E-state index is 0.0126. The SMILES string of the molecule is CCOC(=O)c1cncnc1.O=C1c2c(ccc3c2cc(O)c2ccccc23)C(c2cccc(C(F)(F)F)c2)C(=O)C1Cc1ccccc1. The molecule has 0 bridgehead atoms. The number of carbonyl (C=O) groups excluding carboxylic acids is 3. The van der Waals surface area contributed by atoms with Crippen LogP contribution in [-0.2, 0) is 22.1 Å². The third-order valence-electron chi connectivity index (χ3n) is 8.46. The van der Waals surface area contributed by atoms with Crippen LogP contribution in [0.4, 0.5) is 13.2 Å². The van der Waals surface area contributed by atoms with E-state index in [-0.39, 0.29) is 29.3 Å². The molecular formula is C39H29F3N2O5. The van der Waals surface area contributed by atoms with Crippen molar-refractivity contribution < 1.29 is 37.4 Å². The van der Waals surface area contributed by atoms with Crippen LogP contribution in [0.5, 0.6) is 5.75 Å². The highest BCUT2D eigenvalue weighted by molar-refractivity contribution is 6.25. The van der Waals surface area contributed by atoms with Crippen LogP contribution in [0.1, 0.15) is 55.8 Å². The van der Waals surface area contributed by atoms with Gasteiger partial charge in [-0.15, -0.1) is 0 Å². The van der Waals surface area contributed by atoms with Crippen molar-refractivity contribution in [2.24, 2.45) is 5.92 Å². The Balaban J connectivity index is 0.000000324. The molecule has 1 N–H and O–H groups in total. The average molecular weight is 663 g/mol. The Morgan fingerprint density at radius 2 is 1.49 bits per heavy atom. The number of phenolic OH excluding ortho intramolecular Hbond substituents is 1. The number of benzene rings is 5. The maximum atomic E-state index is 14.0. The standard InChI is InChI=1S/C32H21F3O3.C7H8N2O2/c33-32(34,35)20-10-6-9-19(16-20)28-24-14-13-22-21-11-4-5-12-23(21)27(36)17-25(22)29(24)31(38)26(30(28)37)15-18-7-2-1-3-8-18;1-2-11-7(10)6-3-8-5-9-4-6/h1-14,16-17,26,28,36H,15H2;3-5H,2H2,1H3. The number of fused-ring (bicyclic) bond motifs is 5. The number of nitrogens with zero attached hydrogens (tertiary/aromatic N) is 2. The molecule has 0 spiro atoms. The van der Waals surface area contributed by atoms with E-state index in [1.54, 1.807) is 31.2 Å². The second kappa shape index (κ2) is 13.7. The zero-order valence-electron chi connectivity index (χ0n) is 26.1. The van der Waals surface area contributed by atoms with Crippen LogP contribution in [-0.4, -0.2) is 39.2 Å². The highest BCUT2D eigenvalue weighted by Crippen LogP contribution is 2.44. The van der Waals surface area contributed by atoms with E-state index in [0.717, 1.165) is 28.5 Å². The van der Waals surface area contributed by atoms with Crippen molar-refractivity contribution in [2.75, 3.05) is 6.61 Å². The van der Waals surface area contributed by atoms with E-state index in [1.165, 1.54) is 36.9 Å². The van der Waals surface area contributed by atoms with Gasteiger partial charge in [-0.3, -0.25) is 9.59 Å². The Morgan fingerprint density at radius 3 is 2.18 bits per heavy atom. The fourth-order valence-corrected chi connectivity index (χ4v) is 6.25. The summed E-state index contributed by atoms with van der Waals surface area (Å²) in [7, 11) is 0. The number of ether oxygens (including phenoxy) is 1. The van der Waals surface area contributed by atoms with Crippen molar-refractivity contribution in [1.82, 2.24) is 9.97 Å². The molecule has 246 valence electrons. The number of alkyl halides is 3. The summed E-state index contributed by atoms with van der Waals surface area (Å²) >= 11 is 0. The number of Topliss-reactive ketones (excluding diaryl/α,β-unsaturated/α-hetero) is 2. The van der Waals surface area contributed by atoms with Crippen LogP contribution in [0.15, 0.2) is 116 Å². The lowest BCUT2D eigenvalue weighted by atomic mass is 9.69.